The lowest BCUT2D eigenvalue weighted by atomic mass is 9.78. The third-order valence-corrected chi connectivity index (χ3v) is 5.82. The second kappa shape index (κ2) is 6.75. The van der Waals surface area contributed by atoms with Crippen LogP contribution in [0.2, 0.25) is 0 Å². The lowest BCUT2D eigenvalue weighted by Crippen LogP contribution is -2.45. The first kappa shape index (κ1) is 16.1. The van der Waals surface area contributed by atoms with Crippen molar-refractivity contribution in [1.29, 1.82) is 0 Å². The molecule has 0 fully saturated rings. The Hall–Kier alpha value is -1.81. The molecule has 1 aliphatic carbocycles. The highest BCUT2D eigenvalue weighted by atomic mass is 32.1. The zero-order chi connectivity index (χ0) is 16.3. The number of nitrogens with one attached hydrogen (secondary N) is 2. The largest absolute Gasteiger partial charge is 0.356 e. The van der Waals surface area contributed by atoms with Crippen molar-refractivity contribution in [2.75, 3.05) is 20.1 Å². The van der Waals surface area contributed by atoms with Crippen LogP contribution in [0.5, 0.6) is 0 Å². The van der Waals surface area contributed by atoms with Crippen LogP contribution < -0.4 is 10.6 Å². The molecule has 1 aromatic heterocycles. The minimum atomic E-state index is 0.106. The SMILES string of the molecule is CN=C(NCC1Cc2ccccc21)NCC(C)(C)c1cccs1. The summed E-state index contributed by atoms with van der Waals surface area (Å²) >= 11 is 1.81. The molecular weight excluding hydrogens is 302 g/mol. The van der Waals surface area contributed by atoms with Gasteiger partial charge in [0.1, 0.15) is 0 Å². The van der Waals surface area contributed by atoms with E-state index in [0.717, 1.165) is 19.0 Å². The number of fused-ring (bicyclic) bond motifs is 1. The number of rotatable bonds is 5. The van der Waals surface area contributed by atoms with Gasteiger partial charge >= 0.3 is 0 Å². The summed E-state index contributed by atoms with van der Waals surface area (Å²) in [4.78, 5) is 5.75. The zero-order valence-corrected chi connectivity index (χ0v) is 14.9. The van der Waals surface area contributed by atoms with Crippen LogP contribution in [-0.4, -0.2) is 26.1 Å². The van der Waals surface area contributed by atoms with Crippen LogP contribution in [0.3, 0.4) is 0 Å². The fourth-order valence-corrected chi connectivity index (χ4v) is 3.89. The Bertz CT molecular complexity index is 674. The Labute approximate surface area is 142 Å². The summed E-state index contributed by atoms with van der Waals surface area (Å²) in [6, 6.07) is 13.0. The van der Waals surface area contributed by atoms with Gasteiger partial charge in [-0.3, -0.25) is 4.99 Å². The third kappa shape index (κ3) is 3.58. The van der Waals surface area contributed by atoms with E-state index in [2.05, 4.69) is 71.3 Å². The topological polar surface area (TPSA) is 36.4 Å². The van der Waals surface area contributed by atoms with Gasteiger partial charge in [-0.2, -0.15) is 0 Å². The van der Waals surface area contributed by atoms with Crippen LogP contribution in [0.1, 0.15) is 35.8 Å². The molecule has 0 saturated carbocycles. The van der Waals surface area contributed by atoms with Gasteiger partial charge in [-0.15, -0.1) is 11.3 Å². The Morgan fingerprint density at radius 2 is 2.04 bits per heavy atom. The standard InChI is InChI=1S/C19H25N3S/c1-19(2,17-9-6-10-23-17)13-22-18(20-3)21-12-15-11-14-7-4-5-8-16(14)15/h4-10,15H,11-13H2,1-3H3,(H2,20,21,22). The van der Waals surface area contributed by atoms with Crippen molar-refractivity contribution in [3.8, 4) is 0 Å². The molecule has 1 aliphatic rings. The summed E-state index contributed by atoms with van der Waals surface area (Å²) in [6.07, 6.45) is 1.17. The van der Waals surface area contributed by atoms with Gasteiger partial charge in [-0.1, -0.05) is 44.2 Å². The average molecular weight is 327 g/mol. The van der Waals surface area contributed by atoms with Gasteiger partial charge in [-0.25, -0.2) is 0 Å². The highest BCUT2D eigenvalue weighted by molar-refractivity contribution is 7.10. The first-order valence-corrected chi connectivity index (χ1v) is 9.04. The Kier molecular flexibility index (Phi) is 4.71. The fraction of sp³-hybridized carbons (Fsp3) is 0.421. The summed E-state index contributed by atoms with van der Waals surface area (Å²) in [5.74, 6) is 1.49. The number of nitrogens with zero attached hydrogens (tertiary/aromatic N) is 1. The third-order valence-electron chi connectivity index (χ3n) is 4.59. The van der Waals surface area contributed by atoms with Crippen molar-refractivity contribution >= 4 is 17.3 Å². The van der Waals surface area contributed by atoms with Gasteiger partial charge in [0.25, 0.3) is 0 Å². The number of guanidine groups is 1. The molecule has 1 heterocycles. The number of hydrogen-bond donors (Lipinski definition) is 2. The summed E-state index contributed by atoms with van der Waals surface area (Å²) in [6.45, 7) is 6.34. The van der Waals surface area contributed by atoms with Crippen LogP contribution in [0.25, 0.3) is 0 Å². The molecule has 2 N–H and O–H groups in total. The molecule has 0 bridgehead atoms. The molecular formula is C19H25N3S. The summed E-state index contributed by atoms with van der Waals surface area (Å²) in [7, 11) is 1.84. The van der Waals surface area contributed by atoms with Crippen LogP contribution in [0.15, 0.2) is 46.8 Å². The maximum atomic E-state index is 4.36. The Morgan fingerprint density at radius 3 is 2.74 bits per heavy atom. The van der Waals surface area contributed by atoms with E-state index >= 15 is 0 Å². The molecule has 1 atom stereocenters. The summed E-state index contributed by atoms with van der Waals surface area (Å²) in [5.41, 5.74) is 3.07. The molecule has 122 valence electrons. The van der Waals surface area contributed by atoms with Gasteiger partial charge in [0.05, 0.1) is 0 Å². The second-order valence-corrected chi connectivity index (χ2v) is 7.72. The Morgan fingerprint density at radius 1 is 1.22 bits per heavy atom. The zero-order valence-electron chi connectivity index (χ0n) is 14.1. The average Bonchev–Trinajstić information content (AvgIpc) is 3.06. The van der Waals surface area contributed by atoms with E-state index in [4.69, 9.17) is 0 Å². The molecule has 3 rings (SSSR count). The quantitative estimate of drug-likeness (QED) is 0.651. The van der Waals surface area contributed by atoms with E-state index in [1.165, 1.54) is 22.4 Å². The second-order valence-electron chi connectivity index (χ2n) is 6.77. The van der Waals surface area contributed by atoms with Crippen molar-refractivity contribution in [3.63, 3.8) is 0 Å². The Balaban J connectivity index is 1.50. The first-order valence-electron chi connectivity index (χ1n) is 8.16. The number of hydrogen-bond acceptors (Lipinski definition) is 2. The van der Waals surface area contributed by atoms with Gasteiger partial charge in [0, 0.05) is 36.3 Å². The molecule has 0 radical (unpaired) electrons. The lowest BCUT2D eigenvalue weighted by Gasteiger charge is -2.31. The molecule has 2 aromatic rings. The summed E-state index contributed by atoms with van der Waals surface area (Å²) in [5, 5.41) is 9.08. The van der Waals surface area contributed by atoms with E-state index in [-0.39, 0.29) is 5.41 Å². The lowest BCUT2D eigenvalue weighted by molar-refractivity contribution is 0.514. The van der Waals surface area contributed by atoms with E-state index in [0.29, 0.717) is 5.92 Å². The highest BCUT2D eigenvalue weighted by Gasteiger charge is 2.26. The van der Waals surface area contributed by atoms with Crippen LogP contribution in [0, 0.1) is 0 Å². The number of aliphatic imine (C=N–C) groups is 1. The van der Waals surface area contributed by atoms with Crippen molar-refractivity contribution < 1.29 is 0 Å². The number of thiophene rings is 1. The number of benzene rings is 1. The smallest absolute Gasteiger partial charge is 0.191 e. The normalized spacial score (nSPS) is 17.3. The van der Waals surface area contributed by atoms with Crippen molar-refractivity contribution in [1.82, 2.24) is 10.6 Å². The molecule has 0 spiro atoms. The highest BCUT2D eigenvalue weighted by Crippen LogP contribution is 2.34. The predicted molar refractivity (Wildman–Crippen MR) is 99.6 cm³/mol. The van der Waals surface area contributed by atoms with Crippen LogP contribution >= 0.6 is 11.3 Å². The molecule has 0 saturated heterocycles. The minimum Gasteiger partial charge on any atom is -0.356 e. The van der Waals surface area contributed by atoms with E-state index in [9.17, 15) is 0 Å². The molecule has 1 aromatic carbocycles. The minimum absolute atomic E-state index is 0.106. The van der Waals surface area contributed by atoms with E-state index in [1.54, 1.807) is 0 Å². The maximum Gasteiger partial charge on any atom is 0.191 e. The molecule has 4 heteroatoms. The molecule has 3 nitrogen and oxygen atoms in total. The van der Waals surface area contributed by atoms with Crippen LogP contribution in [-0.2, 0) is 11.8 Å². The molecule has 23 heavy (non-hydrogen) atoms. The molecule has 0 amide bonds. The van der Waals surface area contributed by atoms with Crippen molar-refractivity contribution in [2.45, 2.75) is 31.6 Å². The van der Waals surface area contributed by atoms with Gasteiger partial charge < -0.3 is 10.6 Å². The monoisotopic (exact) mass is 327 g/mol. The predicted octanol–water partition coefficient (Wildman–Crippen LogP) is 3.53. The van der Waals surface area contributed by atoms with Gasteiger partial charge in [-0.05, 0) is 29.0 Å². The van der Waals surface area contributed by atoms with E-state index in [1.807, 2.05) is 18.4 Å². The molecule has 1 unspecified atom stereocenters. The summed E-state index contributed by atoms with van der Waals surface area (Å²) < 4.78 is 0. The van der Waals surface area contributed by atoms with Crippen molar-refractivity contribution in [3.05, 3.63) is 57.8 Å². The van der Waals surface area contributed by atoms with Gasteiger partial charge in [0.2, 0.25) is 0 Å². The van der Waals surface area contributed by atoms with Crippen LogP contribution in [0.4, 0.5) is 0 Å². The fourth-order valence-electron chi connectivity index (χ4n) is 3.04. The van der Waals surface area contributed by atoms with E-state index < -0.39 is 0 Å². The van der Waals surface area contributed by atoms with Crippen molar-refractivity contribution in [2.24, 2.45) is 4.99 Å². The van der Waals surface area contributed by atoms with Gasteiger partial charge in [0.15, 0.2) is 5.96 Å². The maximum absolute atomic E-state index is 4.36. The first-order chi connectivity index (χ1) is 11.1. The molecule has 0 aliphatic heterocycles.